The number of benzene rings is 2. The highest BCUT2D eigenvalue weighted by Gasteiger charge is 2.55. The Kier molecular flexibility index (Phi) is 6.68. The summed E-state index contributed by atoms with van der Waals surface area (Å²) in [6.45, 7) is 0. The van der Waals surface area contributed by atoms with Gasteiger partial charge >= 0.3 is 12.0 Å². The van der Waals surface area contributed by atoms with E-state index in [1.54, 1.807) is 36.4 Å². The van der Waals surface area contributed by atoms with Crippen molar-refractivity contribution in [3.63, 3.8) is 0 Å². The molecule has 0 radical (unpaired) electrons. The molecule has 5 fully saturated rings. The first-order valence-corrected chi connectivity index (χ1v) is 14.1. The fourth-order valence-electron chi connectivity index (χ4n) is 7.27. The van der Waals surface area contributed by atoms with Gasteiger partial charge < -0.3 is 14.2 Å². The van der Waals surface area contributed by atoms with Crippen LogP contribution in [0.25, 0.3) is 6.08 Å². The lowest BCUT2D eigenvalue weighted by molar-refractivity contribution is -0.161. The Morgan fingerprint density at radius 2 is 1.60 bits per heavy atom. The van der Waals surface area contributed by atoms with E-state index in [4.69, 9.17) is 14.2 Å². The lowest BCUT2D eigenvalue weighted by Crippen LogP contribution is -2.54. The Morgan fingerprint density at radius 3 is 2.17 bits per heavy atom. The third-order valence-corrected chi connectivity index (χ3v) is 9.25. The molecule has 4 amide bonds. The number of imide groups is 2. The Morgan fingerprint density at radius 1 is 0.975 bits per heavy atom. The van der Waals surface area contributed by atoms with Crippen molar-refractivity contribution in [2.75, 3.05) is 19.1 Å². The molecule has 4 saturated carbocycles. The minimum Gasteiger partial charge on any atom is -0.497 e. The number of carbonyl (C=O) groups excluding carboxylic acids is 4. The Bertz CT molecular complexity index is 1410. The van der Waals surface area contributed by atoms with E-state index in [9.17, 15) is 19.2 Å². The normalized spacial score (nSPS) is 28.1. The van der Waals surface area contributed by atoms with Crippen LogP contribution in [0.15, 0.2) is 46.4 Å². The number of nitrogens with one attached hydrogen (secondary N) is 1. The summed E-state index contributed by atoms with van der Waals surface area (Å²) in [7, 11) is 2.97. The predicted molar refractivity (Wildman–Crippen MR) is 149 cm³/mol. The van der Waals surface area contributed by atoms with Gasteiger partial charge in [-0.1, -0.05) is 0 Å². The standard InChI is InChI=1S/C30H29BrN2O7/c1-38-21-5-3-20(4-6-21)33-27(35)22(26(34)32-29(33)37)10-16-11-23(31)25(24(12-16)39-2)40-28(36)30-13-17-7-18(14-30)9-19(8-17)15-30/h3-6,10-12,17-19H,7-9,13-15H2,1-2H3,(H,32,34,37)/b22-10-. The summed E-state index contributed by atoms with van der Waals surface area (Å²) in [4.78, 5) is 53.0. The number of urea groups is 1. The van der Waals surface area contributed by atoms with Gasteiger partial charge in [-0.15, -0.1) is 0 Å². The van der Waals surface area contributed by atoms with Crippen LogP contribution in [-0.4, -0.2) is 38.0 Å². The Hall–Kier alpha value is -3.66. The van der Waals surface area contributed by atoms with Gasteiger partial charge in [-0.05, 0) is 120 Å². The molecule has 0 aromatic heterocycles. The van der Waals surface area contributed by atoms with Crippen LogP contribution in [0.5, 0.6) is 17.2 Å². The molecule has 9 nitrogen and oxygen atoms in total. The maximum absolute atomic E-state index is 13.6. The molecule has 4 bridgehead atoms. The molecule has 1 saturated heterocycles. The molecule has 1 aliphatic heterocycles. The molecule has 7 rings (SSSR count). The molecule has 208 valence electrons. The fourth-order valence-corrected chi connectivity index (χ4v) is 7.81. The third kappa shape index (κ3) is 4.58. The Labute approximate surface area is 240 Å². The molecule has 4 aliphatic carbocycles. The predicted octanol–water partition coefficient (Wildman–Crippen LogP) is 5.25. The number of rotatable bonds is 6. The highest BCUT2D eigenvalue weighted by Crippen LogP contribution is 2.60. The van der Waals surface area contributed by atoms with E-state index in [0.29, 0.717) is 33.5 Å². The molecular formula is C30H29BrN2O7. The Balaban J connectivity index is 1.27. The second-order valence-corrected chi connectivity index (χ2v) is 12.1. The van der Waals surface area contributed by atoms with E-state index in [-0.39, 0.29) is 28.7 Å². The summed E-state index contributed by atoms with van der Waals surface area (Å²) < 4.78 is 17.2. The van der Waals surface area contributed by atoms with Gasteiger partial charge in [0.2, 0.25) is 0 Å². The minimum atomic E-state index is -0.844. The van der Waals surface area contributed by atoms with Crippen LogP contribution in [0, 0.1) is 23.2 Å². The van der Waals surface area contributed by atoms with Gasteiger partial charge in [0.1, 0.15) is 11.3 Å². The zero-order valence-electron chi connectivity index (χ0n) is 22.2. The molecule has 1 N–H and O–H groups in total. The second-order valence-electron chi connectivity index (χ2n) is 11.3. The summed E-state index contributed by atoms with van der Waals surface area (Å²) in [6, 6.07) is 8.72. The van der Waals surface area contributed by atoms with Gasteiger partial charge in [-0.25, -0.2) is 9.69 Å². The number of halogens is 1. The molecule has 0 unspecified atom stereocenters. The average molecular weight is 609 g/mol. The SMILES string of the molecule is COc1ccc(N2C(=O)NC(=O)/C(=C/c3cc(Br)c(OC(=O)C45CC6CC(CC(C6)C4)C5)c(OC)c3)C2=O)cc1. The summed E-state index contributed by atoms with van der Waals surface area (Å²) >= 11 is 3.50. The minimum absolute atomic E-state index is 0.216. The molecular weight excluding hydrogens is 580 g/mol. The number of hydrogen-bond donors (Lipinski definition) is 1. The van der Waals surface area contributed by atoms with Gasteiger partial charge in [0.15, 0.2) is 11.5 Å². The van der Waals surface area contributed by atoms with Crippen molar-refractivity contribution in [3.8, 4) is 17.2 Å². The quantitative estimate of drug-likeness (QED) is 0.206. The average Bonchev–Trinajstić information content (AvgIpc) is 2.91. The van der Waals surface area contributed by atoms with Crippen LogP contribution in [0.2, 0.25) is 0 Å². The van der Waals surface area contributed by atoms with E-state index in [1.807, 2.05) is 0 Å². The molecule has 1 heterocycles. The number of methoxy groups -OCH3 is 2. The maximum atomic E-state index is 13.6. The lowest BCUT2D eigenvalue weighted by Gasteiger charge is -2.55. The van der Waals surface area contributed by atoms with Crippen LogP contribution < -0.4 is 24.4 Å². The number of carbonyl (C=O) groups is 4. The zero-order valence-corrected chi connectivity index (χ0v) is 23.8. The van der Waals surface area contributed by atoms with Crippen molar-refractivity contribution in [2.24, 2.45) is 23.2 Å². The third-order valence-electron chi connectivity index (χ3n) is 8.66. The van der Waals surface area contributed by atoms with Crippen molar-refractivity contribution in [2.45, 2.75) is 38.5 Å². The van der Waals surface area contributed by atoms with Gasteiger partial charge in [0, 0.05) is 0 Å². The molecule has 5 aliphatic rings. The van der Waals surface area contributed by atoms with Crippen LogP contribution in [0.4, 0.5) is 10.5 Å². The topological polar surface area (TPSA) is 111 Å². The fraction of sp³-hybridized carbons (Fsp3) is 0.400. The zero-order chi connectivity index (χ0) is 28.2. The van der Waals surface area contributed by atoms with E-state index in [1.165, 1.54) is 39.6 Å². The highest BCUT2D eigenvalue weighted by atomic mass is 79.9. The first-order valence-electron chi connectivity index (χ1n) is 13.3. The van der Waals surface area contributed by atoms with Crippen molar-refractivity contribution in [1.82, 2.24) is 5.32 Å². The second kappa shape index (κ2) is 10.1. The number of ether oxygens (including phenoxy) is 3. The van der Waals surface area contributed by atoms with Crippen LogP contribution in [-0.2, 0) is 14.4 Å². The van der Waals surface area contributed by atoms with Crippen molar-refractivity contribution in [1.29, 1.82) is 0 Å². The van der Waals surface area contributed by atoms with Crippen molar-refractivity contribution >= 4 is 51.5 Å². The highest BCUT2D eigenvalue weighted by molar-refractivity contribution is 9.10. The molecule has 0 spiro atoms. The van der Waals surface area contributed by atoms with E-state index < -0.39 is 23.3 Å². The van der Waals surface area contributed by atoms with E-state index in [0.717, 1.165) is 24.2 Å². The first kappa shape index (κ1) is 26.6. The number of nitrogens with zero attached hydrogens (tertiary/aromatic N) is 1. The van der Waals surface area contributed by atoms with Crippen LogP contribution in [0.3, 0.4) is 0 Å². The first-order chi connectivity index (χ1) is 19.2. The number of barbiturate groups is 1. The molecule has 40 heavy (non-hydrogen) atoms. The number of amides is 4. The van der Waals surface area contributed by atoms with Crippen molar-refractivity contribution in [3.05, 3.63) is 52.0 Å². The maximum Gasteiger partial charge on any atom is 0.335 e. The molecule has 2 aromatic rings. The monoisotopic (exact) mass is 608 g/mol. The van der Waals surface area contributed by atoms with E-state index in [2.05, 4.69) is 21.2 Å². The molecule has 10 heteroatoms. The molecule has 2 aromatic carbocycles. The van der Waals surface area contributed by atoms with Gasteiger partial charge in [-0.3, -0.25) is 19.7 Å². The summed E-state index contributed by atoms with van der Waals surface area (Å²) in [6.07, 6.45) is 7.66. The number of esters is 1. The smallest absolute Gasteiger partial charge is 0.335 e. The summed E-state index contributed by atoms with van der Waals surface area (Å²) in [5.74, 6) is 1.10. The number of hydrogen-bond acceptors (Lipinski definition) is 7. The van der Waals surface area contributed by atoms with E-state index >= 15 is 0 Å². The van der Waals surface area contributed by atoms with Gasteiger partial charge in [0.05, 0.1) is 29.8 Å². The van der Waals surface area contributed by atoms with Gasteiger partial charge in [0.25, 0.3) is 11.8 Å². The van der Waals surface area contributed by atoms with Crippen molar-refractivity contribution < 1.29 is 33.4 Å². The summed E-state index contributed by atoms with van der Waals surface area (Å²) in [5.41, 5.74) is 0.0557. The van der Waals surface area contributed by atoms with Crippen LogP contribution in [0.1, 0.15) is 44.1 Å². The summed E-state index contributed by atoms with van der Waals surface area (Å²) in [5, 5.41) is 2.22. The lowest BCUT2D eigenvalue weighted by atomic mass is 9.49. The largest absolute Gasteiger partial charge is 0.497 e. The number of anilines is 1. The molecule has 0 atom stereocenters. The van der Waals surface area contributed by atoms with Gasteiger partial charge in [-0.2, -0.15) is 0 Å². The van der Waals surface area contributed by atoms with Crippen LogP contribution >= 0.6 is 15.9 Å².